The normalized spacial score (nSPS) is 10.6. The third kappa shape index (κ3) is 2.65. The van der Waals surface area contributed by atoms with Gasteiger partial charge in [-0.1, -0.05) is 29.4 Å². The first-order chi connectivity index (χ1) is 7.65. The zero-order valence-electron chi connectivity index (χ0n) is 8.08. The minimum Gasteiger partial charge on any atom is -0.368 e. The lowest BCUT2D eigenvalue weighted by Crippen LogP contribution is -1.86. The summed E-state index contributed by atoms with van der Waals surface area (Å²) < 4.78 is 12.8. The number of nitrogens with zero attached hydrogens (tertiary/aromatic N) is 2. The molecule has 0 atom stereocenters. The molecular formula is C9H8ClFN4S. The number of nitrogen functional groups attached to an aromatic ring is 1. The summed E-state index contributed by atoms with van der Waals surface area (Å²) in [7, 11) is 0. The number of rotatable bonds is 3. The van der Waals surface area contributed by atoms with E-state index >= 15 is 0 Å². The van der Waals surface area contributed by atoms with Crippen LogP contribution >= 0.6 is 23.4 Å². The average molecular weight is 259 g/mol. The number of benzene rings is 1. The lowest BCUT2D eigenvalue weighted by Gasteiger charge is -2.01. The predicted molar refractivity (Wildman–Crippen MR) is 61.8 cm³/mol. The highest BCUT2D eigenvalue weighted by atomic mass is 35.5. The third-order valence-electron chi connectivity index (χ3n) is 1.85. The molecule has 0 spiro atoms. The Morgan fingerprint density at radius 2 is 2.31 bits per heavy atom. The number of anilines is 1. The van der Waals surface area contributed by atoms with Gasteiger partial charge in [-0.3, -0.25) is 0 Å². The molecule has 2 rings (SSSR count). The maximum Gasteiger partial charge on any atom is 0.216 e. The highest BCUT2D eigenvalue weighted by molar-refractivity contribution is 7.98. The van der Waals surface area contributed by atoms with Crippen LogP contribution in [0.2, 0.25) is 5.02 Å². The first kappa shape index (κ1) is 11.2. The highest BCUT2D eigenvalue weighted by Gasteiger charge is 2.05. The fourth-order valence-electron chi connectivity index (χ4n) is 1.10. The minimum absolute atomic E-state index is 0.271. The van der Waals surface area contributed by atoms with Crippen molar-refractivity contribution in [2.45, 2.75) is 10.9 Å². The molecule has 0 saturated carbocycles. The van der Waals surface area contributed by atoms with Crippen LogP contribution in [-0.4, -0.2) is 15.2 Å². The summed E-state index contributed by atoms with van der Waals surface area (Å²) >= 11 is 7.25. The second-order valence-corrected chi connectivity index (χ2v) is 4.38. The molecular weight excluding hydrogens is 251 g/mol. The Kier molecular flexibility index (Phi) is 3.31. The summed E-state index contributed by atoms with van der Waals surface area (Å²) in [6.45, 7) is 0. The summed E-state index contributed by atoms with van der Waals surface area (Å²) in [6, 6.07) is 4.29. The van der Waals surface area contributed by atoms with Gasteiger partial charge in [0, 0.05) is 10.8 Å². The molecule has 0 amide bonds. The van der Waals surface area contributed by atoms with E-state index in [1.54, 1.807) is 6.07 Å². The van der Waals surface area contributed by atoms with Gasteiger partial charge in [-0.15, -0.1) is 5.10 Å². The molecule has 0 fully saturated rings. The van der Waals surface area contributed by atoms with E-state index in [0.717, 1.165) is 5.56 Å². The zero-order chi connectivity index (χ0) is 11.5. The Morgan fingerprint density at radius 1 is 1.50 bits per heavy atom. The fraction of sp³-hybridized carbons (Fsp3) is 0.111. The van der Waals surface area contributed by atoms with Crippen LogP contribution in [0.1, 0.15) is 5.56 Å². The second kappa shape index (κ2) is 4.71. The van der Waals surface area contributed by atoms with Crippen LogP contribution in [0.5, 0.6) is 0 Å². The van der Waals surface area contributed by atoms with Crippen LogP contribution in [0.15, 0.2) is 23.4 Å². The molecule has 16 heavy (non-hydrogen) atoms. The molecule has 0 aliphatic heterocycles. The topological polar surface area (TPSA) is 67.6 Å². The van der Waals surface area contributed by atoms with E-state index < -0.39 is 0 Å². The van der Waals surface area contributed by atoms with Crippen LogP contribution in [0.4, 0.5) is 10.3 Å². The van der Waals surface area contributed by atoms with Gasteiger partial charge < -0.3 is 5.73 Å². The van der Waals surface area contributed by atoms with Crippen LogP contribution in [0.3, 0.4) is 0 Å². The predicted octanol–water partition coefficient (Wildman–Crippen LogP) is 2.47. The van der Waals surface area contributed by atoms with Crippen molar-refractivity contribution in [3.8, 4) is 0 Å². The Morgan fingerprint density at radius 3 is 2.94 bits per heavy atom. The largest absolute Gasteiger partial charge is 0.368 e. The molecule has 0 aliphatic carbocycles. The number of hydrogen-bond donors (Lipinski definition) is 2. The van der Waals surface area contributed by atoms with Gasteiger partial charge in [0.2, 0.25) is 11.1 Å². The molecule has 1 heterocycles. The molecule has 2 aromatic rings. The SMILES string of the molecule is Nc1nc(SCc2ccc(F)cc2Cl)n[nH]1. The van der Waals surface area contributed by atoms with Crippen molar-refractivity contribution in [2.75, 3.05) is 5.73 Å². The molecule has 0 bridgehead atoms. The van der Waals surface area contributed by atoms with Gasteiger partial charge >= 0.3 is 0 Å². The van der Waals surface area contributed by atoms with Gasteiger partial charge in [-0.25, -0.2) is 9.49 Å². The zero-order valence-corrected chi connectivity index (χ0v) is 9.65. The number of nitrogens with two attached hydrogens (primary N) is 1. The summed E-state index contributed by atoms with van der Waals surface area (Å²) in [5, 5.41) is 7.33. The summed E-state index contributed by atoms with van der Waals surface area (Å²) in [4.78, 5) is 3.93. The van der Waals surface area contributed by atoms with Crippen LogP contribution in [0, 0.1) is 5.82 Å². The number of aromatic nitrogens is 3. The molecule has 1 aromatic heterocycles. The second-order valence-electron chi connectivity index (χ2n) is 3.03. The van der Waals surface area contributed by atoms with Crippen LogP contribution < -0.4 is 5.73 Å². The molecule has 0 unspecified atom stereocenters. The van der Waals surface area contributed by atoms with Crippen molar-refractivity contribution >= 4 is 29.3 Å². The first-order valence-corrected chi connectivity index (χ1v) is 5.76. The van der Waals surface area contributed by atoms with E-state index in [2.05, 4.69) is 15.2 Å². The van der Waals surface area contributed by atoms with E-state index in [9.17, 15) is 4.39 Å². The van der Waals surface area contributed by atoms with Crippen molar-refractivity contribution in [1.82, 2.24) is 15.2 Å². The smallest absolute Gasteiger partial charge is 0.216 e. The van der Waals surface area contributed by atoms with Crippen LogP contribution in [-0.2, 0) is 5.75 Å². The first-order valence-electron chi connectivity index (χ1n) is 4.40. The lowest BCUT2D eigenvalue weighted by atomic mass is 10.2. The summed E-state index contributed by atoms with van der Waals surface area (Å²) in [5.74, 6) is 0.491. The van der Waals surface area contributed by atoms with Crippen molar-refractivity contribution < 1.29 is 4.39 Å². The van der Waals surface area contributed by atoms with Crippen molar-refractivity contribution in [1.29, 1.82) is 0 Å². The Balaban J connectivity index is 2.04. The van der Waals surface area contributed by atoms with Crippen molar-refractivity contribution in [2.24, 2.45) is 0 Å². The maximum atomic E-state index is 12.8. The van der Waals surface area contributed by atoms with Crippen molar-refractivity contribution in [3.63, 3.8) is 0 Å². The highest BCUT2D eigenvalue weighted by Crippen LogP contribution is 2.25. The number of aromatic amines is 1. The number of nitrogens with one attached hydrogen (secondary N) is 1. The third-order valence-corrected chi connectivity index (χ3v) is 3.10. The quantitative estimate of drug-likeness (QED) is 0.830. The average Bonchev–Trinajstić information content (AvgIpc) is 2.63. The van der Waals surface area contributed by atoms with Crippen molar-refractivity contribution in [3.05, 3.63) is 34.6 Å². The molecule has 84 valence electrons. The van der Waals surface area contributed by atoms with Gasteiger partial charge in [-0.05, 0) is 17.7 Å². The molecule has 0 saturated heterocycles. The van der Waals surface area contributed by atoms with E-state index in [-0.39, 0.29) is 11.8 Å². The molecule has 7 heteroatoms. The Hall–Kier alpha value is -1.27. The van der Waals surface area contributed by atoms with Crippen LogP contribution in [0.25, 0.3) is 0 Å². The lowest BCUT2D eigenvalue weighted by molar-refractivity contribution is 0.627. The van der Waals surface area contributed by atoms with E-state index in [1.807, 2.05) is 0 Å². The maximum absolute atomic E-state index is 12.8. The summed E-state index contributed by atoms with van der Waals surface area (Å²) in [5.41, 5.74) is 6.21. The number of H-pyrrole nitrogens is 1. The van der Waals surface area contributed by atoms with E-state index in [0.29, 0.717) is 15.9 Å². The fourth-order valence-corrected chi connectivity index (χ4v) is 2.23. The summed E-state index contributed by atoms with van der Waals surface area (Å²) in [6.07, 6.45) is 0. The number of hydrogen-bond acceptors (Lipinski definition) is 4. The monoisotopic (exact) mass is 258 g/mol. The van der Waals surface area contributed by atoms with E-state index in [1.165, 1.54) is 23.9 Å². The van der Waals surface area contributed by atoms with Gasteiger partial charge in [0.1, 0.15) is 5.82 Å². The standard InChI is InChI=1S/C9H8ClFN4S/c10-7-3-6(11)2-1-5(7)4-16-9-13-8(12)14-15-9/h1-3H,4H2,(H3,12,13,14,15). The van der Waals surface area contributed by atoms with Gasteiger partial charge in [0.25, 0.3) is 0 Å². The number of halogens is 2. The molecule has 4 nitrogen and oxygen atoms in total. The van der Waals surface area contributed by atoms with Gasteiger partial charge in [0.05, 0.1) is 0 Å². The molecule has 0 radical (unpaired) electrons. The molecule has 3 N–H and O–H groups in total. The molecule has 0 aliphatic rings. The van der Waals surface area contributed by atoms with E-state index in [4.69, 9.17) is 17.3 Å². The van der Waals surface area contributed by atoms with Gasteiger partial charge in [-0.2, -0.15) is 4.98 Å². The Labute approximate surface area is 100 Å². The molecule has 1 aromatic carbocycles. The van der Waals surface area contributed by atoms with Gasteiger partial charge in [0.15, 0.2) is 0 Å². The minimum atomic E-state index is -0.346. The Bertz CT molecular complexity index is 502. The number of thioether (sulfide) groups is 1.